The number of aliphatic hydroxyl groups excluding tert-OH is 1. The maximum Gasteiger partial charge on any atom is 0.227 e. The number of rotatable bonds is 37. The van der Waals surface area contributed by atoms with Gasteiger partial charge >= 0.3 is 0 Å². The minimum Gasteiger partial charge on any atom is -0.494 e. The Hall–Kier alpha value is -6.89. The van der Waals surface area contributed by atoms with E-state index in [1.165, 1.54) is 6.42 Å². The van der Waals surface area contributed by atoms with Crippen LogP contribution in [0.25, 0.3) is 27.8 Å². The van der Waals surface area contributed by atoms with Crippen LogP contribution in [0.3, 0.4) is 0 Å². The van der Waals surface area contributed by atoms with Gasteiger partial charge in [0.2, 0.25) is 11.8 Å². The number of fused-ring (bicyclic) bond motifs is 2. The first kappa shape index (κ1) is 60.2. The molecule has 8 rings (SSSR count). The number of anilines is 6. The Bertz CT molecular complexity index is 2980. The number of ether oxygens (including phenoxy) is 8. The molecule has 2 aromatic carbocycles. The SMILES string of the molecule is CCc1cnn2c(NCc3ccc(OCCOCCOCCOCCOCCOCCOCCN(C)CCN(C)c4cc(OC)c(Nc5nccc(-c6cn(C)c7ccccc67)n5)cc4N)nc3)cc(N3CCCC[C@H]3CCO)nc12. The van der Waals surface area contributed by atoms with Gasteiger partial charge in [0, 0.05) is 118 Å². The highest BCUT2D eigenvalue weighted by Gasteiger charge is 2.25. The van der Waals surface area contributed by atoms with Gasteiger partial charge in [-0.15, -0.1) is 0 Å². The zero-order valence-corrected chi connectivity index (χ0v) is 47.9. The number of aliphatic hydroxyl groups is 1. The first-order valence-electron chi connectivity index (χ1n) is 28.3. The van der Waals surface area contributed by atoms with Gasteiger partial charge in [-0.3, -0.25) is 0 Å². The monoisotopic (exact) mass is 1120 g/mol. The van der Waals surface area contributed by atoms with Gasteiger partial charge in [-0.1, -0.05) is 31.2 Å². The number of nitrogens with zero attached hydrogens (tertiary/aromatic N) is 10. The Kier molecular flexibility index (Phi) is 23.7. The maximum atomic E-state index is 9.71. The van der Waals surface area contributed by atoms with Gasteiger partial charge in [-0.25, -0.2) is 19.9 Å². The van der Waals surface area contributed by atoms with E-state index in [0.717, 1.165) is 108 Å². The Morgan fingerprint density at radius 1 is 0.778 bits per heavy atom. The number of benzene rings is 2. The first-order chi connectivity index (χ1) is 39.7. The Balaban J connectivity index is 0.592. The van der Waals surface area contributed by atoms with Gasteiger partial charge in [-0.05, 0) is 62.9 Å². The predicted molar refractivity (Wildman–Crippen MR) is 316 cm³/mol. The summed E-state index contributed by atoms with van der Waals surface area (Å²) >= 11 is 0. The van der Waals surface area contributed by atoms with Crippen molar-refractivity contribution in [2.45, 2.75) is 51.6 Å². The fourth-order valence-electron chi connectivity index (χ4n) is 9.66. The van der Waals surface area contributed by atoms with Gasteiger partial charge in [0.15, 0.2) is 5.65 Å². The average molecular weight is 1120 g/mol. The normalized spacial score (nSPS) is 13.7. The summed E-state index contributed by atoms with van der Waals surface area (Å²) in [5, 5.41) is 22.4. The number of likely N-dealkylation sites (N-methyl/N-ethyl adjacent to an activating group) is 2. The number of pyridine rings is 1. The molecule has 0 saturated carbocycles. The highest BCUT2D eigenvalue weighted by molar-refractivity contribution is 5.95. The molecule has 0 aliphatic carbocycles. The number of aromatic nitrogens is 7. The summed E-state index contributed by atoms with van der Waals surface area (Å²) in [6.07, 6.45) is 12.5. The largest absolute Gasteiger partial charge is 0.494 e. The second kappa shape index (κ2) is 31.9. The quantitative estimate of drug-likeness (QED) is 0.0230. The Morgan fingerprint density at radius 3 is 2.19 bits per heavy atom. The van der Waals surface area contributed by atoms with Crippen LogP contribution < -0.4 is 35.6 Å². The number of hydrogen-bond acceptors (Lipinski definition) is 20. The van der Waals surface area contributed by atoms with Crippen molar-refractivity contribution in [3.63, 3.8) is 0 Å². The van der Waals surface area contributed by atoms with E-state index in [-0.39, 0.29) is 12.6 Å². The third kappa shape index (κ3) is 17.6. The molecule has 0 radical (unpaired) electrons. The molecule has 81 heavy (non-hydrogen) atoms. The van der Waals surface area contributed by atoms with Crippen LogP contribution in [-0.4, -0.2) is 190 Å². The van der Waals surface area contributed by atoms with E-state index in [1.807, 2.05) is 73.5 Å². The van der Waals surface area contributed by atoms with Crippen molar-refractivity contribution in [2.24, 2.45) is 7.05 Å². The fourth-order valence-corrected chi connectivity index (χ4v) is 9.66. The zero-order valence-electron chi connectivity index (χ0n) is 47.9. The lowest BCUT2D eigenvalue weighted by Gasteiger charge is -2.36. The summed E-state index contributed by atoms with van der Waals surface area (Å²) in [5.41, 5.74) is 14.7. The highest BCUT2D eigenvalue weighted by atomic mass is 16.6. The van der Waals surface area contributed by atoms with Crippen molar-refractivity contribution in [2.75, 3.05) is 166 Å². The lowest BCUT2D eigenvalue weighted by atomic mass is 9.99. The fraction of sp³-hybridized carbons (Fsp3) is 0.508. The second-order valence-electron chi connectivity index (χ2n) is 19.9. The minimum atomic E-state index is 0.170. The van der Waals surface area contributed by atoms with Crippen molar-refractivity contribution in [1.29, 1.82) is 0 Å². The van der Waals surface area contributed by atoms with Crippen LogP contribution in [0.1, 0.15) is 43.7 Å². The lowest BCUT2D eigenvalue weighted by molar-refractivity contribution is -0.0183. The number of nitrogens with one attached hydrogen (secondary N) is 2. The molecule has 5 aromatic heterocycles. The van der Waals surface area contributed by atoms with Crippen molar-refractivity contribution in [3.05, 3.63) is 96.6 Å². The van der Waals surface area contributed by atoms with E-state index in [1.54, 1.807) is 13.3 Å². The molecule has 1 aliphatic rings. The van der Waals surface area contributed by atoms with E-state index < -0.39 is 0 Å². The van der Waals surface area contributed by atoms with Crippen LogP contribution in [0.2, 0.25) is 0 Å². The van der Waals surface area contributed by atoms with E-state index in [0.29, 0.717) is 121 Å². The smallest absolute Gasteiger partial charge is 0.227 e. The second-order valence-corrected chi connectivity index (χ2v) is 19.9. The molecule has 1 aliphatic heterocycles. The summed E-state index contributed by atoms with van der Waals surface area (Å²) in [6, 6.07) is 20.2. The van der Waals surface area contributed by atoms with Crippen LogP contribution in [0.15, 0.2) is 85.5 Å². The van der Waals surface area contributed by atoms with Gasteiger partial charge in [0.1, 0.15) is 24.0 Å². The standard InChI is InChI=1S/C59H83N13O9/c1-6-45-42-64-72-55(39-56(67-58(45)72)71-19-10-9-11-46(71)17-23-73)62-40-44-14-15-57(63-41-44)81-36-35-80-34-33-79-32-31-78-30-29-77-28-27-76-26-25-75-24-22-68(2)20-21-69(3)53-38-54(74-5)51(37-49(53)60)66-59-61-18-16-50(65-59)48-43-70(4)52-13-8-7-12-47(48)52/h7-8,12-16,18,37-39,41-43,46,62,73H,6,9-11,17,19-36,40,60H2,1-5H3,(H,61,65,66)/t46-/m0/s1. The molecule has 1 fully saturated rings. The van der Waals surface area contributed by atoms with Gasteiger partial charge in [0.25, 0.3) is 0 Å². The molecule has 1 atom stereocenters. The number of nitrogen functional groups attached to an aromatic ring is 1. The van der Waals surface area contributed by atoms with Crippen LogP contribution in [0, 0.1) is 0 Å². The highest BCUT2D eigenvalue weighted by Crippen LogP contribution is 2.37. The number of para-hydroxylation sites is 1. The third-order valence-electron chi connectivity index (χ3n) is 14.2. The van der Waals surface area contributed by atoms with E-state index in [2.05, 4.69) is 83.3 Å². The summed E-state index contributed by atoms with van der Waals surface area (Å²) in [6.45, 7) is 12.3. The third-order valence-corrected chi connectivity index (χ3v) is 14.2. The molecule has 438 valence electrons. The van der Waals surface area contributed by atoms with Gasteiger partial charge in [-0.2, -0.15) is 9.61 Å². The van der Waals surface area contributed by atoms with Crippen LogP contribution in [0.4, 0.5) is 34.6 Å². The average Bonchev–Trinajstić information content (AvgIpc) is 4.33. The van der Waals surface area contributed by atoms with Gasteiger partial charge in [0.05, 0.1) is 115 Å². The molecule has 22 heteroatoms. The minimum absolute atomic E-state index is 0.170. The van der Waals surface area contributed by atoms with E-state index in [9.17, 15) is 5.11 Å². The topological polar surface area (TPSA) is 228 Å². The number of piperidine rings is 1. The van der Waals surface area contributed by atoms with Crippen molar-refractivity contribution in [1.82, 2.24) is 39.0 Å². The molecular formula is C59H83N13O9. The van der Waals surface area contributed by atoms with Crippen LogP contribution >= 0.6 is 0 Å². The van der Waals surface area contributed by atoms with E-state index in [4.69, 9.17) is 53.6 Å². The molecule has 22 nitrogen and oxygen atoms in total. The zero-order chi connectivity index (χ0) is 56.6. The molecule has 0 amide bonds. The van der Waals surface area contributed by atoms with Crippen molar-refractivity contribution < 1.29 is 43.0 Å². The molecule has 6 heterocycles. The number of methoxy groups -OCH3 is 1. The number of hydrogen-bond donors (Lipinski definition) is 4. The number of nitrogens with two attached hydrogens (primary N) is 1. The summed E-state index contributed by atoms with van der Waals surface area (Å²) in [5.74, 6) is 3.40. The maximum absolute atomic E-state index is 9.71. The van der Waals surface area contributed by atoms with Crippen LogP contribution in [-0.2, 0) is 48.4 Å². The lowest BCUT2D eigenvalue weighted by Crippen LogP contribution is -2.40. The van der Waals surface area contributed by atoms with Crippen molar-refractivity contribution in [3.8, 4) is 22.9 Å². The van der Waals surface area contributed by atoms with Gasteiger partial charge < -0.3 is 78.6 Å². The Morgan fingerprint density at radius 2 is 1.49 bits per heavy atom. The molecule has 0 bridgehead atoms. The molecule has 1 saturated heterocycles. The number of aryl methyl sites for hydroxylation is 2. The van der Waals surface area contributed by atoms with Crippen LogP contribution in [0.5, 0.6) is 11.6 Å². The summed E-state index contributed by atoms with van der Waals surface area (Å²) < 4.78 is 49.6. The molecule has 0 spiro atoms. The van der Waals surface area contributed by atoms with E-state index >= 15 is 0 Å². The summed E-state index contributed by atoms with van der Waals surface area (Å²) in [4.78, 5) is 25.5. The molecule has 7 aromatic rings. The Labute approximate surface area is 475 Å². The first-order valence-corrected chi connectivity index (χ1v) is 28.3. The van der Waals surface area contributed by atoms with Crippen molar-refractivity contribution >= 4 is 51.2 Å². The molecular weight excluding hydrogens is 1030 g/mol. The molecule has 5 N–H and O–H groups in total. The summed E-state index contributed by atoms with van der Waals surface area (Å²) in [7, 11) is 7.77. The predicted octanol–water partition coefficient (Wildman–Crippen LogP) is 6.87. The molecule has 0 unspecified atom stereocenters.